The summed E-state index contributed by atoms with van der Waals surface area (Å²) in [4.78, 5) is 21.4. The standard InChI is InChI=1S/C7H13NO4/c1-4(6(8)9)12-7(10)5(2)11-3/h4-5H,1-3H3,(H2,8,9). The highest BCUT2D eigenvalue weighted by Gasteiger charge is 2.19. The van der Waals surface area contributed by atoms with Gasteiger partial charge < -0.3 is 15.2 Å². The van der Waals surface area contributed by atoms with Gasteiger partial charge in [0.2, 0.25) is 0 Å². The van der Waals surface area contributed by atoms with Gasteiger partial charge >= 0.3 is 5.97 Å². The first-order valence-corrected chi connectivity index (χ1v) is 3.51. The maximum atomic E-state index is 10.9. The minimum Gasteiger partial charge on any atom is -0.451 e. The zero-order valence-corrected chi connectivity index (χ0v) is 7.37. The van der Waals surface area contributed by atoms with Crippen molar-refractivity contribution in [2.24, 2.45) is 5.73 Å². The third-order valence-corrected chi connectivity index (χ3v) is 1.38. The molecule has 0 aromatic rings. The van der Waals surface area contributed by atoms with E-state index < -0.39 is 24.1 Å². The van der Waals surface area contributed by atoms with Gasteiger partial charge in [0.1, 0.15) is 0 Å². The molecule has 1 amide bonds. The maximum Gasteiger partial charge on any atom is 0.335 e. The number of methoxy groups -OCH3 is 1. The molecule has 0 aliphatic heterocycles. The topological polar surface area (TPSA) is 78.6 Å². The molecule has 0 rings (SSSR count). The van der Waals surface area contributed by atoms with Gasteiger partial charge in [-0.1, -0.05) is 0 Å². The van der Waals surface area contributed by atoms with Crippen LogP contribution >= 0.6 is 0 Å². The Labute approximate surface area is 70.8 Å². The highest BCUT2D eigenvalue weighted by atomic mass is 16.6. The van der Waals surface area contributed by atoms with Crippen molar-refractivity contribution < 1.29 is 19.1 Å². The number of carbonyl (C=O) groups is 2. The molecule has 0 aliphatic rings. The van der Waals surface area contributed by atoms with Gasteiger partial charge in [-0.05, 0) is 13.8 Å². The monoisotopic (exact) mass is 175 g/mol. The molecular formula is C7H13NO4. The highest BCUT2D eigenvalue weighted by Crippen LogP contribution is 1.96. The summed E-state index contributed by atoms with van der Waals surface area (Å²) in [5.74, 6) is -1.27. The average Bonchev–Trinajstić information content (AvgIpc) is 2.02. The first kappa shape index (κ1) is 10.9. The van der Waals surface area contributed by atoms with Gasteiger partial charge in [-0.25, -0.2) is 4.79 Å². The summed E-state index contributed by atoms with van der Waals surface area (Å²) >= 11 is 0. The highest BCUT2D eigenvalue weighted by molar-refractivity contribution is 5.83. The van der Waals surface area contributed by atoms with Gasteiger partial charge in [0.05, 0.1) is 0 Å². The molecular weight excluding hydrogens is 162 g/mol. The van der Waals surface area contributed by atoms with E-state index in [1.54, 1.807) is 0 Å². The lowest BCUT2D eigenvalue weighted by Gasteiger charge is -2.12. The zero-order chi connectivity index (χ0) is 9.72. The van der Waals surface area contributed by atoms with Crippen molar-refractivity contribution in [2.75, 3.05) is 7.11 Å². The fourth-order valence-corrected chi connectivity index (χ4v) is 0.424. The number of esters is 1. The Hall–Kier alpha value is -1.10. The second-order valence-electron chi connectivity index (χ2n) is 2.36. The second-order valence-corrected chi connectivity index (χ2v) is 2.36. The zero-order valence-electron chi connectivity index (χ0n) is 7.37. The Morgan fingerprint density at radius 1 is 1.25 bits per heavy atom. The number of nitrogens with two attached hydrogens (primary N) is 1. The van der Waals surface area contributed by atoms with Crippen molar-refractivity contribution in [3.05, 3.63) is 0 Å². The summed E-state index contributed by atoms with van der Waals surface area (Å²) < 4.78 is 9.29. The summed E-state index contributed by atoms with van der Waals surface area (Å²) in [5, 5.41) is 0. The first-order chi connectivity index (χ1) is 5.49. The summed E-state index contributed by atoms with van der Waals surface area (Å²) in [6, 6.07) is 0. The fraction of sp³-hybridized carbons (Fsp3) is 0.714. The van der Waals surface area contributed by atoms with Gasteiger partial charge in [-0.2, -0.15) is 0 Å². The molecule has 0 aliphatic carbocycles. The van der Waals surface area contributed by atoms with E-state index >= 15 is 0 Å². The molecule has 0 radical (unpaired) electrons. The van der Waals surface area contributed by atoms with Gasteiger partial charge in [0, 0.05) is 7.11 Å². The van der Waals surface area contributed by atoms with Crippen LogP contribution in [0.25, 0.3) is 0 Å². The Kier molecular flexibility index (Phi) is 4.28. The van der Waals surface area contributed by atoms with Crippen molar-refractivity contribution in [1.29, 1.82) is 0 Å². The van der Waals surface area contributed by atoms with Crippen LogP contribution in [0.1, 0.15) is 13.8 Å². The molecule has 2 atom stereocenters. The van der Waals surface area contributed by atoms with Crippen molar-refractivity contribution >= 4 is 11.9 Å². The molecule has 2 N–H and O–H groups in total. The van der Waals surface area contributed by atoms with Crippen LogP contribution in [-0.2, 0) is 19.1 Å². The van der Waals surface area contributed by atoms with Gasteiger partial charge in [0.25, 0.3) is 5.91 Å². The lowest BCUT2D eigenvalue weighted by atomic mass is 10.3. The van der Waals surface area contributed by atoms with Crippen molar-refractivity contribution in [1.82, 2.24) is 0 Å². The molecule has 2 unspecified atom stereocenters. The average molecular weight is 175 g/mol. The molecule has 5 heteroatoms. The van der Waals surface area contributed by atoms with Crippen molar-refractivity contribution in [2.45, 2.75) is 26.1 Å². The van der Waals surface area contributed by atoms with Gasteiger partial charge in [0.15, 0.2) is 12.2 Å². The van der Waals surface area contributed by atoms with Crippen LogP contribution in [0.4, 0.5) is 0 Å². The number of hydrogen-bond donors (Lipinski definition) is 1. The quantitative estimate of drug-likeness (QED) is 0.581. The van der Waals surface area contributed by atoms with E-state index in [0.717, 1.165) is 0 Å². The van der Waals surface area contributed by atoms with Crippen LogP contribution in [0, 0.1) is 0 Å². The first-order valence-electron chi connectivity index (χ1n) is 3.51. The van der Waals surface area contributed by atoms with Crippen molar-refractivity contribution in [3.63, 3.8) is 0 Å². The summed E-state index contributed by atoms with van der Waals surface area (Å²) in [7, 11) is 1.38. The van der Waals surface area contributed by atoms with E-state index in [1.807, 2.05) is 0 Å². The SMILES string of the molecule is COC(C)C(=O)OC(C)C(N)=O. The van der Waals surface area contributed by atoms with E-state index in [4.69, 9.17) is 5.73 Å². The molecule has 70 valence electrons. The number of ether oxygens (including phenoxy) is 2. The molecule has 0 heterocycles. The molecule has 0 aromatic heterocycles. The predicted molar refractivity (Wildman–Crippen MR) is 41.2 cm³/mol. The Bertz CT molecular complexity index is 180. The third kappa shape index (κ3) is 3.34. The van der Waals surface area contributed by atoms with E-state index in [2.05, 4.69) is 9.47 Å². The Balaban J connectivity index is 3.92. The molecule has 0 aromatic carbocycles. The van der Waals surface area contributed by atoms with Crippen LogP contribution < -0.4 is 5.73 Å². The number of amides is 1. The predicted octanol–water partition coefficient (Wildman–Crippen LogP) is -0.562. The Morgan fingerprint density at radius 3 is 2.08 bits per heavy atom. The number of primary amides is 1. The molecule has 0 bridgehead atoms. The largest absolute Gasteiger partial charge is 0.451 e. The van der Waals surface area contributed by atoms with E-state index in [0.29, 0.717) is 0 Å². The molecule has 0 spiro atoms. The molecule has 0 saturated carbocycles. The minimum absolute atomic E-state index is 0.594. The van der Waals surface area contributed by atoms with Crippen LogP contribution in [0.2, 0.25) is 0 Å². The number of rotatable bonds is 4. The van der Waals surface area contributed by atoms with Crippen LogP contribution in [0.5, 0.6) is 0 Å². The van der Waals surface area contributed by atoms with Crippen LogP contribution in [-0.4, -0.2) is 31.2 Å². The van der Waals surface area contributed by atoms with Crippen LogP contribution in [0.15, 0.2) is 0 Å². The lowest BCUT2D eigenvalue weighted by Crippen LogP contribution is -2.34. The second kappa shape index (κ2) is 4.71. The smallest absolute Gasteiger partial charge is 0.335 e. The van der Waals surface area contributed by atoms with E-state index in [1.165, 1.54) is 21.0 Å². The van der Waals surface area contributed by atoms with Crippen molar-refractivity contribution in [3.8, 4) is 0 Å². The summed E-state index contributed by atoms with van der Waals surface area (Å²) in [6.07, 6.45) is -1.58. The Morgan fingerprint density at radius 2 is 1.75 bits per heavy atom. The molecule has 0 saturated heterocycles. The van der Waals surface area contributed by atoms with Crippen LogP contribution in [0.3, 0.4) is 0 Å². The summed E-state index contributed by atoms with van der Waals surface area (Å²) in [5.41, 5.74) is 4.87. The maximum absolute atomic E-state index is 10.9. The number of carbonyl (C=O) groups excluding carboxylic acids is 2. The normalized spacial score (nSPS) is 14.9. The van der Waals surface area contributed by atoms with E-state index in [-0.39, 0.29) is 0 Å². The van der Waals surface area contributed by atoms with Gasteiger partial charge in [-0.3, -0.25) is 4.79 Å². The minimum atomic E-state index is -0.907. The van der Waals surface area contributed by atoms with E-state index in [9.17, 15) is 9.59 Å². The molecule has 5 nitrogen and oxygen atoms in total. The van der Waals surface area contributed by atoms with Gasteiger partial charge in [-0.15, -0.1) is 0 Å². The molecule has 0 fully saturated rings. The number of hydrogen-bond acceptors (Lipinski definition) is 4. The fourth-order valence-electron chi connectivity index (χ4n) is 0.424. The third-order valence-electron chi connectivity index (χ3n) is 1.38. The lowest BCUT2D eigenvalue weighted by molar-refractivity contribution is -0.162. The molecule has 12 heavy (non-hydrogen) atoms. The summed E-state index contributed by atoms with van der Waals surface area (Å²) in [6.45, 7) is 2.93.